The van der Waals surface area contributed by atoms with Crippen molar-refractivity contribution in [1.82, 2.24) is 19.7 Å². The zero-order chi connectivity index (χ0) is 14.1. The Balaban J connectivity index is 1.75. The Morgan fingerprint density at radius 3 is 2.81 bits per heavy atom. The van der Waals surface area contributed by atoms with Crippen molar-refractivity contribution in [3.63, 3.8) is 0 Å². The zero-order valence-electron chi connectivity index (χ0n) is 11.5. The second-order valence-electron chi connectivity index (χ2n) is 4.93. The van der Waals surface area contributed by atoms with Gasteiger partial charge >= 0.3 is 0 Å². The van der Waals surface area contributed by atoms with Gasteiger partial charge in [-0.05, 0) is 6.07 Å². The number of para-hydroxylation sites is 1. The number of anilines is 1. The first-order valence-electron chi connectivity index (χ1n) is 7.01. The molecule has 4 rings (SSSR count). The smallest absolute Gasteiger partial charge is 0.227 e. The third-order valence-corrected chi connectivity index (χ3v) is 3.62. The lowest BCUT2D eigenvalue weighted by atomic mass is 10.2. The Labute approximate surface area is 122 Å². The largest absolute Gasteiger partial charge is 0.378 e. The average Bonchev–Trinajstić information content (AvgIpc) is 3.00. The monoisotopic (exact) mass is 281 g/mol. The molecule has 6 heteroatoms. The molecule has 0 spiro atoms. The first-order chi connectivity index (χ1) is 10.4. The molecule has 1 aromatic carbocycles. The summed E-state index contributed by atoms with van der Waals surface area (Å²) in [6.45, 7) is 3.09. The lowest BCUT2D eigenvalue weighted by Crippen LogP contribution is -2.37. The molecule has 0 aliphatic carbocycles. The number of hydrogen-bond acceptors (Lipinski definition) is 5. The maximum absolute atomic E-state index is 5.37. The number of morpholine rings is 1. The minimum Gasteiger partial charge on any atom is -0.378 e. The van der Waals surface area contributed by atoms with Crippen LogP contribution in [0.3, 0.4) is 0 Å². The van der Waals surface area contributed by atoms with Crippen LogP contribution in [0.1, 0.15) is 0 Å². The van der Waals surface area contributed by atoms with Crippen LogP contribution in [0.4, 0.5) is 5.95 Å². The van der Waals surface area contributed by atoms with Crippen LogP contribution in [0.25, 0.3) is 16.7 Å². The molecule has 0 radical (unpaired) electrons. The second-order valence-corrected chi connectivity index (χ2v) is 4.93. The maximum atomic E-state index is 5.37. The maximum Gasteiger partial charge on any atom is 0.227 e. The van der Waals surface area contributed by atoms with Crippen molar-refractivity contribution in [3.8, 4) is 5.82 Å². The highest BCUT2D eigenvalue weighted by Gasteiger charge is 2.15. The Bertz CT molecular complexity index is 763. The quantitative estimate of drug-likeness (QED) is 0.715. The van der Waals surface area contributed by atoms with E-state index in [-0.39, 0.29) is 0 Å². The van der Waals surface area contributed by atoms with Gasteiger partial charge < -0.3 is 9.64 Å². The van der Waals surface area contributed by atoms with E-state index in [4.69, 9.17) is 4.74 Å². The Kier molecular flexibility index (Phi) is 3.01. The van der Waals surface area contributed by atoms with Crippen LogP contribution in [0.15, 0.2) is 42.7 Å². The van der Waals surface area contributed by atoms with Crippen LogP contribution >= 0.6 is 0 Å². The van der Waals surface area contributed by atoms with E-state index in [1.54, 1.807) is 6.20 Å². The van der Waals surface area contributed by atoms with Crippen molar-refractivity contribution in [2.75, 3.05) is 31.2 Å². The predicted octanol–water partition coefficient (Wildman–Crippen LogP) is 1.65. The molecule has 1 fully saturated rings. The number of aromatic nitrogens is 4. The van der Waals surface area contributed by atoms with E-state index in [1.165, 1.54) is 0 Å². The lowest BCUT2D eigenvalue weighted by molar-refractivity contribution is 0.122. The zero-order valence-corrected chi connectivity index (χ0v) is 11.5. The fraction of sp³-hybridized carbons (Fsp3) is 0.267. The summed E-state index contributed by atoms with van der Waals surface area (Å²) in [5.41, 5.74) is 1.05. The van der Waals surface area contributed by atoms with E-state index in [0.29, 0.717) is 0 Å². The molecule has 0 unspecified atom stereocenters. The summed E-state index contributed by atoms with van der Waals surface area (Å²) < 4.78 is 7.21. The van der Waals surface area contributed by atoms with Gasteiger partial charge in [-0.25, -0.2) is 9.67 Å². The molecule has 21 heavy (non-hydrogen) atoms. The SMILES string of the molecule is c1ccc2c(c1)cnn2-c1ccnc(N2CCOCC2)n1. The number of fused-ring (bicyclic) bond motifs is 1. The van der Waals surface area contributed by atoms with Crippen LogP contribution in [0.5, 0.6) is 0 Å². The molecule has 0 saturated carbocycles. The van der Waals surface area contributed by atoms with Gasteiger partial charge in [0.25, 0.3) is 0 Å². The van der Waals surface area contributed by atoms with Crippen molar-refractivity contribution in [3.05, 3.63) is 42.7 Å². The number of benzene rings is 1. The Morgan fingerprint density at radius 1 is 1.05 bits per heavy atom. The van der Waals surface area contributed by atoms with Crippen molar-refractivity contribution in [1.29, 1.82) is 0 Å². The van der Waals surface area contributed by atoms with Crippen LogP contribution < -0.4 is 4.90 Å². The second kappa shape index (κ2) is 5.14. The minimum absolute atomic E-state index is 0.721. The molecule has 0 N–H and O–H groups in total. The van der Waals surface area contributed by atoms with Gasteiger partial charge in [-0.2, -0.15) is 10.1 Å². The summed E-state index contributed by atoms with van der Waals surface area (Å²) in [7, 11) is 0. The van der Waals surface area contributed by atoms with Gasteiger partial charge in [0.2, 0.25) is 5.95 Å². The number of nitrogens with zero attached hydrogens (tertiary/aromatic N) is 5. The summed E-state index contributed by atoms with van der Waals surface area (Å²) in [6, 6.07) is 9.98. The van der Waals surface area contributed by atoms with Gasteiger partial charge in [-0.3, -0.25) is 0 Å². The van der Waals surface area contributed by atoms with Gasteiger partial charge in [0, 0.05) is 30.7 Å². The van der Waals surface area contributed by atoms with Crippen LogP contribution in [-0.4, -0.2) is 46.1 Å². The van der Waals surface area contributed by atoms with Gasteiger partial charge in [0.05, 0.1) is 24.9 Å². The highest BCUT2D eigenvalue weighted by Crippen LogP contribution is 2.18. The number of ether oxygens (including phenoxy) is 1. The molecule has 0 bridgehead atoms. The van der Waals surface area contributed by atoms with Crippen LogP contribution in [0.2, 0.25) is 0 Å². The third kappa shape index (κ3) is 2.23. The highest BCUT2D eigenvalue weighted by atomic mass is 16.5. The number of rotatable bonds is 2. The highest BCUT2D eigenvalue weighted by molar-refractivity contribution is 5.79. The van der Waals surface area contributed by atoms with Gasteiger partial charge in [-0.1, -0.05) is 18.2 Å². The molecule has 6 nitrogen and oxygen atoms in total. The third-order valence-electron chi connectivity index (χ3n) is 3.62. The molecule has 3 aromatic rings. The molecule has 2 aromatic heterocycles. The molecule has 1 aliphatic rings. The normalized spacial score (nSPS) is 15.5. The van der Waals surface area contributed by atoms with E-state index in [0.717, 1.165) is 49.0 Å². The van der Waals surface area contributed by atoms with Gasteiger partial charge in [0.1, 0.15) is 0 Å². The topological polar surface area (TPSA) is 56.1 Å². The Morgan fingerprint density at radius 2 is 1.90 bits per heavy atom. The molecular weight excluding hydrogens is 266 g/mol. The average molecular weight is 281 g/mol. The van der Waals surface area contributed by atoms with Crippen LogP contribution in [-0.2, 0) is 4.74 Å². The van der Waals surface area contributed by atoms with Crippen LogP contribution in [0, 0.1) is 0 Å². The molecule has 106 valence electrons. The van der Waals surface area contributed by atoms with E-state index in [2.05, 4.69) is 20.0 Å². The molecule has 3 heterocycles. The first-order valence-corrected chi connectivity index (χ1v) is 7.01. The molecule has 0 atom stereocenters. The fourth-order valence-electron chi connectivity index (χ4n) is 2.53. The van der Waals surface area contributed by atoms with Gasteiger partial charge in [-0.15, -0.1) is 0 Å². The molecule has 0 amide bonds. The summed E-state index contributed by atoms with van der Waals surface area (Å²) in [6.07, 6.45) is 3.63. The number of hydrogen-bond donors (Lipinski definition) is 0. The fourth-order valence-corrected chi connectivity index (χ4v) is 2.53. The predicted molar refractivity (Wildman–Crippen MR) is 79.7 cm³/mol. The molecular formula is C15H15N5O. The van der Waals surface area contributed by atoms with Crippen molar-refractivity contribution < 1.29 is 4.74 Å². The van der Waals surface area contributed by atoms with Crippen molar-refractivity contribution in [2.24, 2.45) is 0 Å². The first kappa shape index (κ1) is 12.3. The van der Waals surface area contributed by atoms with E-state index in [9.17, 15) is 0 Å². The van der Waals surface area contributed by atoms with E-state index < -0.39 is 0 Å². The van der Waals surface area contributed by atoms with Crippen molar-refractivity contribution in [2.45, 2.75) is 0 Å². The van der Waals surface area contributed by atoms with Crippen molar-refractivity contribution >= 4 is 16.9 Å². The summed E-state index contributed by atoms with van der Waals surface area (Å²) in [5, 5.41) is 5.54. The minimum atomic E-state index is 0.721. The standard InChI is InChI=1S/C15H15N5O/c1-2-4-13-12(3-1)11-17-20(13)14-5-6-16-15(18-14)19-7-9-21-10-8-19/h1-6,11H,7-10H2. The lowest BCUT2D eigenvalue weighted by Gasteiger charge is -2.26. The summed E-state index contributed by atoms with van der Waals surface area (Å²) in [5.74, 6) is 1.52. The molecule has 1 aliphatic heterocycles. The van der Waals surface area contributed by atoms with E-state index in [1.807, 2.05) is 41.2 Å². The van der Waals surface area contributed by atoms with Gasteiger partial charge in [0.15, 0.2) is 5.82 Å². The summed E-state index contributed by atoms with van der Waals surface area (Å²) >= 11 is 0. The van der Waals surface area contributed by atoms with E-state index >= 15 is 0 Å². The summed E-state index contributed by atoms with van der Waals surface area (Å²) in [4.78, 5) is 11.2. The Hall–Kier alpha value is -2.47. The molecule has 1 saturated heterocycles.